The first-order chi connectivity index (χ1) is 8.08. The van der Waals surface area contributed by atoms with Gasteiger partial charge in [0.05, 0.1) is 0 Å². The maximum absolute atomic E-state index is 11.6. The van der Waals surface area contributed by atoms with E-state index in [0.29, 0.717) is 11.7 Å². The predicted molar refractivity (Wildman–Crippen MR) is 65.0 cm³/mol. The van der Waals surface area contributed by atoms with Crippen LogP contribution in [0.25, 0.3) is 0 Å². The van der Waals surface area contributed by atoms with Crippen LogP contribution in [-0.4, -0.2) is 35.7 Å². The molecular formula is C12H17N3O2. The fourth-order valence-corrected chi connectivity index (χ4v) is 1.60. The normalized spacial score (nSPS) is 22.0. The van der Waals surface area contributed by atoms with Crippen molar-refractivity contribution in [2.24, 2.45) is 0 Å². The Morgan fingerprint density at radius 1 is 1.53 bits per heavy atom. The lowest BCUT2D eigenvalue weighted by Crippen LogP contribution is -2.33. The minimum absolute atomic E-state index is 0.270. The first kappa shape index (κ1) is 11.7. The lowest BCUT2D eigenvalue weighted by Gasteiger charge is -2.18. The first-order valence-corrected chi connectivity index (χ1v) is 5.59. The van der Waals surface area contributed by atoms with E-state index in [1.165, 1.54) is 5.01 Å². The number of amides is 1. The number of ether oxygens (including phenoxy) is 1. The van der Waals surface area contributed by atoms with E-state index in [-0.39, 0.29) is 12.7 Å². The van der Waals surface area contributed by atoms with Crippen molar-refractivity contribution in [1.29, 1.82) is 0 Å². The van der Waals surface area contributed by atoms with Gasteiger partial charge in [-0.3, -0.25) is 0 Å². The molecule has 2 unspecified atom stereocenters. The number of nitrogens with two attached hydrogens (primary N) is 1. The fourth-order valence-electron chi connectivity index (χ4n) is 1.60. The highest BCUT2D eigenvalue weighted by atomic mass is 16.6. The van der Waals surface area contributed by atoms with Crippen molar-refractivity contribution >= 4 is 11.8 Å². The summed E-state index contributed by atoms with van der Waals surface area (Å²) in [6.07, 6.45) is -0.328. The molecule has 5 nitrogen and oxygen atoms in total. The summed E-state index contributed by atoms with van der Waals surface area (Å²) in [6.45, 7) is 3.24. The summed E-state index contributed by atoms with van der Waals surface area (Å²) in [5, 5.41) is 3.45. The van der Waals surface area contributed by atoms with E-state index in [1.807, 2.05) is 17.1 Å². The van der Waals surface area contributed by atoms with Gasteiger partial charge in [0.25, 0.3) is 0 Å². The Labute approximate surface area is 101 Å². The first-order valence-electron chi connectivity index (χ1n) is 5.59. The third-order valence-electron chi connectivity index (χ3n) is 2.82. The van der Waals surface area contributed by atoms with Crippen molar-refractivity contribution < 1.29 is 9.53 Å². The molecule has 1 aromatic carbocycles. The Morgan fingerprint density at radius 2 is 2.12 bits per heavy atom. The average molecular weight is 235 g/mol. The molecule has 2 atom stereocenters. The van der Waals surface area contributed by atoms with Crippen molar-refractivity contribution in [2.75, 3.05) is 19.3 Å². The lowest BCUT2D eigenvalue weighted by atomic mass is 10.2. The number of hydrogen-bond acceptors (Lipinski definition) is 4. The van der Waals surface area contributed by atoms with Gasteiger partial charge in [0.2, 0.25) is 0 Å². The molecule has 1 amide bonds. The van der Waals surface area contributed by atoms with Crippen molar-refractivity contribution in [2.45, 2.75) is 19.6 Å². The monoisotopic (exact) mass is 235 g/mol. The van der Waals surface area contributed by atoms with Gasteiger partial charge >= 0.3 is 6.09 Å². The quantitative estimate of drug-likeness (QED) is 0.636. The van der Waals surface area contributed by atoms with Gasteiger partial charge in [-0.05, 0) is 24.6 Å². The predicted octanol–water partition coefficient (Wildman–Crippen LogP) is 1.46. The van der Waals surface area contributed by atoms with Gasteiger partial charge in [-0.1, -0.05) is 12.1 Å². The number of anilines is 1. The molecule has 0 spiro atoms. The standard InChI is InChI=1S/C12H17N3O2/c1-9-7-15(9)14(2)12(16)17-8-10-3-5-11(13)6-4-10/h3-6,9H,7-8,13H2,1-2H3. The molecule has 0 bridgehead atoms. The van der Waals surface area contributed by atoms with Crippen molar-refractivity contribution in [3.8, 4) is 0 Å². The van der Waals surface area contributed by atoms with E-state index >= 15 is 0 Å². The maximum atomic E-state index is 11.6. The van der Waals surface area contributed by atoms with Crippen LogP contribution in [-0.2, 0) is 11.3 Å². The molecule has 5 heteroatoms. The largest absolute Gasteiger partial charge is 0.444 e. The van der Waals surface area contributed by atoms with Gasteiger partial charge in [-0.25, -0.2) is 14.8 Å². The number of nitrogen functional groups attached to an aromatic ring is 1. The second-order valence-electron chi connectivity index (χ2n) is 4.29. The van der Waals surface area contributed by atoms with Crippen LogP contribution in [0.2, 0.25) is 0 Å². The minimum atomic E-state index is -0.328. The number of benzene rings is 1. The Hall–Kier alpha value is -1.75. The topological polar surface area (TPSA) is 58.6 Å². The van der Waals surface area contributed by atoms with E-state index < -0.39 is 0 Å². The molecule has 1 heterocycles. The molecule has 2 N–H and O–H groups in total. The molecule has 1 saturated heterocycles. The number of carbonyl (C=O) groups is 1. The highest BCUT2D eigenvalue weighted by molar-refractivity contribution is 5.67. The molecule has 2 rings (SSSR count). The zero-order valence-corrected chi connectivity index (χ0v) is 10.1. The van der Waals surface area contributed by atoms with E-state index in [9.17, 15) is 4.79 Å². The Morgan fingerprint density at radius 3 is 2.65 bits per heavy atom. The second kappa shape index (κ2) is 4.63. The van der Waals surface area contributed by atoms with Gasteiger partial charge in [-0.2, -0.15) is 0 Å². The van der Waals surface area contributed by atoms with E-state index in [4.69, 9.17) is 10.5 Å². The van der Waals surface area contributed by atoms with Gasteiger partial charge in [0.15, 0.2) is 0 Å². The van der Waals surface area contributed by atoms with Crippen molar-refractivity contribution in [3.05, 3.63) is 29.8 Å². The second-order valence-corrected chi connectivity index (χ2v) is 4.29. The highest BCUT2D eigenvalue weighted by Gasteiger charge is 2.36. The Bertz CT molecular complexity index is 405. The maximum Gasteiger partial charge on any atom is 0.424 e. The summed E-state index contributed by atoms with van der Waals surface area (Å²) < 4.78 is 5.18. The summed E-state index contributed by atoms with van der Waals surface area (Å²) in [7, 11) is 1.72. The van der Waals surface area contributed by atoms with Crippen LogP contribution in [0.3, 0.4) is 0 Å². The highest BCUT2D eigenvalue weighted by Crippen LogP contribution is 2.19. The number of nitrogens with zero attached hydrogens (tertiary/aromatic N) is 2. The fraction of sp³-hybridized carbons (Fsp3) is 0.417. The summed E-state index contributed by atoms with van der Waals surface area (Å²) in [5.74, 6) is 0. The molecule has 1 aromatic rings. The summed E-state index contributed by atoms with van der Waals surface area (Å²) in [5.41, 5.74) is 7.21. The molecular weight excluding hydrogens is 218 g/mol. The van der Waals surface area contributed by atoms with Gasteiger partial charge < -0.3 is 10.5 Å². The minimum Gasteiger partial charge on any atom is -0.444 e. The number of hydrazine groups is 1. The molecule has 1 aliphatic rings. The Kier molecular flexibility index (Phi) is 3.19. The van der Waals surface area contributed by atoms with Crippen molar-refractivity contribution in [1.82, 2.24) is 10.0 Å². The zero-order chi connectivity index (χ0) is 12.4. The van der Waals surface area contributed by atoms with Gasteiger partial charge in [-0.15, -0.1) is 0 Å². The third-order valence-corrected chi connectivity index (χ3v) is 2.82. The van der Waals surface area contributed by atoms with Crippen LogP contribution >= 0.6 is 0 Å². The number of carbonyl (C=O) groups excluding carboxylic acids is 1. The molecule has 0 saturated carbocycles. The molecule has 1 aliphatic heterocycles. The summed E-state index contributed by atoms with van der Waals surface area (Å²) in [4.78, 5) is 11.6. The van der Waals surface area contributed by atoms with E-state index in [1.54, 1.807) is 19.2 Å². The molecule has 0 radical (unpaired) electrons. The Balaban J connectivity index is 1.81. The van der Waals surface area contributed by atoms with E-state index in [0.717, 1.165) is 12.1 Å². The van der Waals surface area contributed by atoms with Crippen LogP contribution in [0.5, 0.6) is 0 Å². The van der Waals surface area contributed by atoms with Crippen LogP contribution in [0.1, 0.15) is 12.5 Å². The number of rotatable bonds is 3. The van der Waals surface area contributed by atoms with E-state index in [2.05, 4.69) is 6.92 Å². The number of hydrogen-bond donors (Lipinski definition) is 1. The lowest BCUT2D eigenvalue weighted by molar-refractivity contribution is 0.0518. The molecule has 1 fully saturated rings. The zero-order valence-electron chi connectivity index (χ0n) is 10.1. The molecule has 17 heavy (non-hydrogen) atoms. The van der Waals surface area contributed by atoms with Gasteiger partial charge in [0, 0.05) is 25.3 Å². The molecule has 0 aliphatic carbocycles. The van der Waals surface area contributed by atoms with Crippen LogP contribution in [0.15, 0.2) is 24.3 Å². The molecule has 0 aromatic heterocycles. The van der Waals surface area contributed by atoms with Crippen LogP contribution in [0.4, 0.5) is 10.5 Å². The SMILES string of the molecule is CC1CN1N(C)C(=O)OCc1ccc(N)cc1. The smallest absolute Gasteiger partial charge is 0.424 e. The summed E-state index contributed by atoms with van der Waals surface area (Å²) >= 11 is 0. The van der Waals surface area contributed by atoms with Crippen molar-refractivity contribution in [3.63, 3.8) is 0 Å². The van der Waals surface area contributed by atoms with Crippen LogP contribution in [0, 0.1) is 0 Å². The van der Waals surface area contributed by atoms with Gasteiger partial charge in [0.1, 0.15) is 6.61 Å². The summed E-state index contributed by atoms with van der Waals surface area (Å²) in [6, 6.07) is 7.72. The average Bonchev–Trinajstić information content (AvgIpc) is 3.04. The third kappa shape index (κ3) is 2.88. The van der Waals surface area contributed by atoms with Crippen LogP contribution < -0.4 is 5.73 Å². The molecule has 92 valence electrons.